The van der Waals surface area contributed by atoms with Gasteiger partial charge in [0, 0.05) is 12.3 Å². The number of rotatable bonds is 6. The minimum absolute atomic E-state index is 0.245. The molecule has 0 aromatic heterocycles. The molecular weight excluding hydrogens is 160 g/mol. The Morgan fingerprint density at radius 1 is 1.31 bits per heavy atom. The maximum Gasteiger partial charge on any atom is 0.136 e. The maximum atomic E-state index is 11.5. The van der Waals surface area contributed by atoms with Gasteiger partial charge in [-0.05, 0) is 26.2 Å². The molecule has 0 N–H and O–H groups in total. The standard InChI is InChI=1S/C12H22O/c1-5-7-10(3)8-9-12(13)11(4)6-2/h7,11H,5-6,8-9H2,1-4H3/b10-7+. The Morgan fingerprint density at radius 3 is 2.38 bits per heavy atom. The first kappa shape index (κ1) is 12.4. The average Bonchev–Trinajstić information content (AvgIpc) is 2.13. The van der Waals surface area contributed by atoms with Gasteiger partial charge in [-0.2, -0.15) is 0 Å². The highest BCUT2D eigenvalue weighted by atomic mass is 16.1. The van der Waals surface area contributed by atoms with Crippen molar-refractivity contribution in [3.05, 3.63) is 11.6 Å². The highest BCUT2D eigenvalue weighted by Crippen LogP contribution is 2.11. The van der Waals surface area contributed by atoms with Gasteiger partial charge >= 0.3 is 0 Å². The molecule has 0 bridgehead atoms. The van der Waals surface area contributed by atoms with Crippen LogP contribution in [0, 0.1) is 5.92 Å². The van der Waals surface area contributed by atoms with Crippen LogP contribution in [0.25, 0.3) is 0 Å². The van der Waals surface area contributed by atoms with Crippen LogP contribution in [-0.4, -0.2) is 5.78 Å². The number of hydrogen-bond donors (Lipinski definition) is 0. The first-order valence-electron chi connectivity index (χ1n) is 5.30. The van der Waals surface area contributed by atoms with Gasteiger partial charge in [0.2, 0.25) is 0 Å². The van der Waals surface area contributed by atoms with Crippen LogP contribution >= 0.6 is 0 Å². The summed E-state index contributed by atoms with van der Waals surface area (Å²) in [6.45, 7) is 8.31. The van der Waals surface area contributed by atoms with Crippen LogP contribution in [0.3, 0.4) is 0 Å². The van der Waals surface area contributed by atoms with Gasteiger partial charge in [0.25, 0.3) is 0 Å². The van der Waals surface area contributed by atoms with Crippen LogP contribution in [0.5, 0.6) is 0 Å². The number of carbonyl (C=O) groups excluding carboxylic acids is 1. The summed E-state index contributed by atoms with van der Waals surface area (Å²) in [5.41, 5.74) is 1.35. The largest absolute Gasteiger partial charge is 0.299 e. The number of ketones is 1. The van der Waals surface area contributed by atoms with Crippen LogP contribution in [-0.2, 0) is 4.79 Å². The van der Waals surface area contributed by atoms with Crippen molar-refractivity contribution in [1.82, 2.24) is 0 Å². The first-order chi connectivity index (χ1) is 6.11. The Balaban J connectivity index is 3.76. The Kier molecular flexibility index (Phi) is 6.56. The zero-order valence-corrected chi connectivity index (χ0v) is 9.39. The van der Waals surface area contributed by atoms with Crippen molar-refractivity contribution in [3.63, 3.8) is 0 Å². The van der Waals surface area contributed by atoms with Crippen molar-refractivity contribution in [2.75, 3.05) is 0 Å². The Bertz CT molecular complexity index is 180. The zero-order chi connectivity index (χ0) is 10.3. The summed E-state index contributed by atoms with van der Waals surface area (Å²) < 4.78 is 0. The van der Waals surface area contributed by atoms with E-state index in [9.17, 15) is 4.79 Å². The molecule has 1 heteroatoms. The smallest absolute Gasteiger partial charge is 0.136 e. The molecule has 0 amide bonds. The van der Waals surface area contributed by atoms with E-state index in [-0.39, 0.29) is 5.92 Å². The van der Waals surface area contributed by atoms with Crippen molar-refractivity contribution < 1.29 is 4.79 Å². The summed E-state index contributed by atoms with van der Waals surface area (Å²) in [6, 6.07) is 0. The van der Waals surface area contributed by atoms with Gasteiger partial charge in [-0.1, -0.05) is 32.4 Å². The quantitative estimate of drug-likeness (QED) is 0.572. The average molecular weight is 182 g/mol. The third-order valence-corrected chi connectivity index (χ3v) is 2.48. The molecular formula is C12H22O. The highest BCUT2D eigenvalue weighted by Gasteiger charge is 2.09. The molecule has 0 aliphatic heterocycles. The predicted octanol–water partition coefficient (Wildman–Crippen LogP) is 3.74. The molecule has 1 atom stereocenters. The molecule has 0 aliphatic rings. The van der Waals surface area contributed by atoms with E-state index in [4.69, 9.17) is 0 Å². The third-order valence-electron chi connectivity index (χ3n) is 2.48. The number of hydrogen-bond acceptors (Lipinski definition) is 1. The van der Waals surface area contributed by atoms with Gasteiger partial charge in [0.15, 0.2) is 0 Å². The molecule has 0 saturated carbocycles. The van der Waals surface area contributed by atoms with Crippen molar-refractivity contribution in [3.8, 4) is 0 Å². The molecule has 0 aliphatic carbocycles. The van der Waals surface area contributed by atoms with Crippen molar-refractivity contribution >= 4 is 5.78 Å². The molecule has 0 radical (unpaired) electrons. The first-order valence-corrected chi connectivity index (χ1v) is 5.30. The van der Waals surface area contributed by atoms with E-state index >= 15 is 0 Å². The normalized spacial score (nSPS) is 14.3. The van der Waals surface area contributed by atoms with Gasteiger partial charge in [-0.3, -0.25) is 4.79 Å². The van der Waals surface area contributed by atoms with Crippen LogP contribution in [0.15, 0.2) is 11.6 Å². The van der Waals surface area contributed by atoms with Gasteiger partial charge in [-0.25, -0.2) is 0 Å². The Hall–Kier alpha value is -0.590. The summed E-state index contributed by atoms with van der Waals surface area (Å²) in [7, 11) is 0. The molecule has 0 aromatic carbocycles. The number of Topliss-reactive ketones (excluding diaryl/α,β-unsaturated/α-hetero) is 1. The van der Waals surface area contributed by atoms with E-state index in [0.717, 1.165) is 25.7 Å². The second-order valence-corrected chi connectivity index (χ2v) is 3.73. The zero-order valence-electron chi connectivity index (χ0n) is 9.39. The van der Waals surface area contributed by atoms with Crippen molar-refractivity contribution in [2.24, 2.45) is 5.92 Å². The van der Waals surface area contributed by atoms with E-state index in [0.29, 0.717) is 5.78 Å². The molecule has 1 unspecified atom stereocenters. The molecule has 13 heavy (non-hydrogen) atoms. The van der Waals surface area contributed by atoms with E-state index in [1.165, 1.54) is 5.57 Å². The molecule has 0 spiro atoms. The van der Waals surface area contributed by atoms with Crippen molar-refractivity contribution in [2.45, 2.75) is 53.4 Å². The third kappa shape index (κ3) is 5.62. The summed E-state index contributed by atoms with van der Waals surface area (Å²) in [5, 5.41) is 0. The molecule has 0 heterocycles. The predicted molar refractivity (Wildman–Crippen MR) is 57.7 cm³/mol. The van der Waals surface area contributed by atoms with E-state index < -0.39 is 0 Å². The summed E-state index contributed by atoms with van der Waals surface area (Å²) in [6.07, 6.45) is 5.90. The fourth-order valence-electron chi connectivity index (χ4n) is 1.24. The molecule has 0 rings (SSSR count). The lowest BCUT2D eigenvalue weighted by atomic mass is 9.98. The second-order valence-electron chi connectivity index (χ2n) is 3.73. The lowest BCUT2D eigenvalue weighted by Gasteiger charge is -2.06. The van der Waals surface area contributed by atoms with Crippen LogP contribution in [0.2, 0.25) is 0 Å². The number of allylic oxidation sites excluding steroid dienone is 2. The lowest BCUT2D eigenvalue weighted by molar-refractivity contribution is -0.122. The van der Waals surface area contributed by atoms with Crippen LogP contribution < -0.4 is 0 Å². The van der Waals surface area contributed by atoms with Crippen LogP contribution in [0.4, 0.5) is 0 Å². The lowest BCUT2D eigenvalue weighted by Crippen LogP contribution is -2.09. The summed E-state index contributed by atoms with van der Waals surface area (Å²) >= 11 is 0. The second kappa shape index (κ2) is 6.88. The van der Waals surface area contributed by atoms with Gasteiger partial charge < -0.3 is 0 Å². The van der Waals surface area contributed by atoms with E-state index in [1.807, 2.05) is 6.92 Å². The van der Waals surface area contributed by atoms with Gasteiger partial charge in [-0.15, -0.1) is 0 Å². The highest BCUT2D eigenvalue weighted by molar-refractivity contribution is 5.80. The van der Waals surface area contributed by atoms with Gasteiger partial charge in [0.1, 0.15) is 5.78 Å². The molecule has 76 valence electrons. The summed E-state index contributed by atoms with van der Waals surface area (Å²) in [5.74, 6) is 0.653. The SMILES string of the molecule is CC/C=C(\C)CCC(=O)C(C)CC. The molecule has 1 nitrogen and oxygen atoms in total. The molecule has 0 aromatic rings. The van der Waals surface area contributed by atoms with E-state index in [2.05, 4.69) is 26.8 Å². The summed E-state index contributed by atoms with van der Waals surface area (Å²) in [4.78, 5) is 11.5. The minimum atomic E-state index is 0.245. The van der Waals surface area contributed by atoms with Crippen LogP contribution in [0.1, 0.15) is 53.4 Å². The Morgan fingerprint density at radius 2 is 1.92 bits per heavy atom. The van der Waals surface area contributed by atoms with E-state index in [1.54, 1.807) is 0 Å². The Labute approximate surface area is 82.2 Å². The monoisotopic (exact) mass is 182 g/mol. The molecule has 0 saturated heterocycles. The fraction of sp³-hybridized carbons (Fsp3) is 0.750. The maximum absolute atomic E-state index is 11.5. The fourth-order valence-corrected chi connectivity index (χ4v) is 1.24. The molecule has 0 fully saturated rings. The minimum Gasteiger partial charge on any atom is -0.299 e. The van der Waals surface area contributed by atoms with Crippen molar-refractivity contribution in [1.29, 1.82) is 0 Å². The van der Waals surface area contributed by atoms with Gasteiger partial charge in [0.05, 0.1) is 0 Å². The topological polar surface area (TPSA) is 17.1 Å². The number of carbonyl (C=O) groups is 1.